The summed E-state index contributed by atoms with van der Waals surface area (Å²) in [5, 5.41) is 15.6. The maximum atomic E-state index is 12.6. The van der Waals surface area contributed by atoms with Crippen molar-refractivity contribution in [3.05, 3.63) is 67.7 Å². The molecule has 2 aromatic carbocycles. The number of aryl methyl sites for hydroxylation is 3. The number of nitro benzene ring substituents is 1. The summed E-state index contributed by atoms with van der Waals surface area (Å²) in [7, 11) is 1.22. The second-order valence-electron chi connectivity index (χ2n) is 6.39. The Labute approximate surface area is 166 Å². The molecule has 0 N–H and O–H groups in total. The van der Waals surface area contributed by atoms with Crippen molar-refractivity contribution in [3.63, 3.8) is 0 Å². The average Bonchev–Trinajstić information content (AvgIpc) is 3.04. The summed E-state index contributed by atoms with van der Waals surface area (Å²) < 4.78 is 10.3. The Balaban J connectivity index is 2.38. The molecule has 0 bridgehead atoms. The third kappa shape index (κ3) is 3.25. The number of nitrogens with zero attached hydrogens (tertiary/aromatic N) is 2. The van der Waals surface area contributed by atoms with Gasteiger partial charge in [0, 0.05) is 11.6 Å². The Kier molecular flexibility index (Phi) is 5.20. The smallest absolute Gasteiger partial charge is 0.344 e. The van der Waals surface area contributed by atoms with Crippen LogP contribution in [0.3, 0.4) is 0 Å². The summed E-state index contributed by atoms with van der Waals surface area (Å²) in [4.78, 5) is 23.5. The van der Waals surface area contributed by atoms with Crippen LogP contribution in [0.15, 0.2) is 34.9 Å². The first-order chi connectivity index (χ1) is 13.3. The van der Waals surface area contributed by atoms with E-state index in [2.05, 4.69) is 5.16 Å². The minimum Gasteiger partial charge on any atom is -0.465 e. The molecule has 3 rings (SSSR count). The van der Waals surface area contributed by atoms with E-state index in [0.717, 1.165) is 16.7 Å². The first kappa shape index (κ1) is 19.6. The lowest BCUT2D eigenvalue weighted by atomic mass is 9.93. The normalized spacial score (nSPS) is 10.8. The number of benzene rings is 2. The molecule has 0 spiro atoms. The molecular weight excluding hydrogens is 384 g/mol. The van der Waals surface area contributed by atoms with Gasteiger partial charge in [0.25, 0.3) is 5.69 Å². The lowest BCUT2D eigenvalue weighted by Crippen LogP contribution is -2.06. The van der Waals surface area contributed by atoms with Crippen LogP contribution in [0, 0.1) is 30.9 Å². The van der Waals surface area contributed by atoms with Gasteiger partial charge in [-0.05, 0) is 38.0 Å². The Morgan fingerprint density at radius 2 is 1.82 bits per heavy atom. The molecule has 28 heavy (non-hydrogen) atoms. The van der Waals surface area contributed by atoms with Gasteiger partial charge in [0.05, 0.1) is 17.1 Å². The zero-order chi connectivity index (χ0) is 20.6. The molecule has 0 saturated carbocycles. The van der Waals surface area contributed by atoms with Crippen molar-refractivity contribution in [2.24, 2.45) is 0 Å². The monoisotopic (exact) mass is 400 g/mol. The maximum absolute atomic E-state index is 12.6. The van der Waals surface area contributed by atoms with E-state index in [1.54, 1.807) is 0 Å². The van der Waals surface area contributed by atoms with Crippen LogP contribution in [0.5, 0.6) is 0 Å². The highest BCUT2D eigenvalue weighted by Gasteiger charge is 2.32. The van der Waals surface area contributed by atoms with E-state index < -0.39 is 10.9 Å². The van der Waals surface area contributed by atoms with E-state index in [9.17, 15) is 14.9 Å². The van der Waals surface area contributed by atoms with Gasteiger partial charge in [0.15, 0.2) is 5.76 Å². The third-order valence-corrected chi connectivity index (χ3v) is 4.73. The van der Waals surface area contributed by atoms with Crippen LogP contribution in [-0.2, 0) is 4.74 Å². The fourth-order valence-corrected chi connectivity index (χ4v) is 3.62. The quantitative estimate of drug-likeness (QED) is 0.335. The number of ether oxygens (including phenoxy) is 1. The number of esters is 1. The highest BCUT2D eigenvalue weighted by atomic mass is 35.5. The van der Waals surface area contributed by atoms with Crippen LogP contribution in [0.4, 0.5) is 5.69 Å². The number of rotatable bonds is 4. The summed E-state index contributed by atoms with van der Waals surface area (Å²) in [5.41, 5.74) is 3.47. The third-order valence-electron chi connectivity index (χ3n) is 4.41. The number of nitro groups is 1. The number of aromatic nitrogens is 1. The first-order valence-corrected chi connectivity index (χ1v) is 8.73. The van der Waals surface area contributed by atoms with Gasteiger partial charge in [0.1, 0.15) is 16.8 Å². The van der Waals surface area contributed by atoms with E-state index in [4.69, 9.17) is 20.9 Å². The van der Waals surface area contributed by atoms with Crippen molar-refractivity contribution in [2.45, 2.75) is 20.8 Å². The van der Waals surface area contributed by atoms with Gasteiger partial charge in [-0.15, -0.1) is 0 Å². The Bertz CT molecular complexity index is 1080. The minimum absolute atomic E-state index is 0.00578. The van der Waals surface area contributed by atoms with E-state index >= 15 is 0 Å². The topological polar surface area (TPSA) is 95.5 Å². The van der Waals surface area contributed by atoms with Crippen LogP contribution in [0.1, 0.15) is 27.0 Å². The highest BCUT2D eigenvalue weighted by Crippen LogP contribution is 2.42. The Morgan fingerprint density at radius 1 is 1.18 bits per heavy atom. The molecule has 144 valence electrons. The molecule has 0 radical (unpaired) electrons. The van der Waals surface area contributed by atoms with Gasteiger partial charge in [-0.25, -0.2) is 4.79 Å². The number of carbonyl (C=O) groups excluding carboxylic acids is 1. The van der Waals surface area contributed by atoms with Crippen molar-refractivity contribution < 1.29 is 19.0 Å². The molecule has 1 heterocycles. The molecule has 7 nitrogen and oxygen atoms in total. The minimum atomic E-state index is -0.722. The van der Waals surface area contributed by atoms with Gasteiger partial charge in [-0.3, -0.25) is 10.1 Å². The van der Waals surface area contributed by atoms with Crippen molar-refractivity contribution >= 4 is 23.3 Å². The fourth-order valence-electron chi connectivity index (χ4n) is 3.37. The zero-order valence-electron chi connectivity index (χ0n) is 15.7. The number of hydrogen-bond donors (Lipinski definition) is 0. The van der Waals surface area contributed by atoms with Crippen LogP contribution in [0.2, 0.25) is 5.02 Å². The summed E-state index contributed by atoms with van der Waals surface area (Å²) in [5.74, 6) is -0.821. The second-order valence-corrected chi connectivity index (χ2v) is 6.80. The standard InChI is InChI=1S/C20H17ClN2O5/c1-10-8-11(2)15(12(3)9-10)18-17(20(24)27-4)19(28-22-18)16-13(21)6-5-7-14(16)23(25)26/h5-9H,1-4H3. The molecular formula is C20H17ClN2O5. The van der Waals surface area contributed by atoms with Gasteiger partial charge in [-0.2, -0.15) is 0 Å². The molecule has 0 amide bonds. The molecule has 0 aliphatic heterocycles. The summed E-state index contributed by atoms with van der Waals surface area (Å²) in [6.45, 7) is 5.75. The van der Waals surface area contributed by atoms with Gasteiger partial charge in [-0.1, -0.05) is 40.5 Å². The molecule has 0 aliphatic rings. The fraction of sp³-hybridized carbons (Fsp3) is 0.200. The summed E-state index contributed by atoms with van der Waals surface area (Å²) >= 11 is 6.22. The molecule has 0 atom stereocenters. The van der Waals surface area contributed by atoms with Gasteiger partial charge in [0.2, 0.25) is 0 Å². The van der Waals surface area contributed by atoms with E-state index in [-0.39, 0.29) is 33.3 Å². The SMILES string of the molecule is COC(=O)c1c(-c2c(C)cc(C)cc2C)noc1-c1c(Cl)cccc1[N+](=O)[O-]. The van der Waals surface area contributed by atoms with Gasteiger partial charge < -0.3 is 9.26 Å². The Morgan fingerprint density at radius 3 is 2.39 bits per heavy atom. The largest absolute Gasteiger partial charge is 0.465 e. The maximum Gasteiger partial charge on any atom is 0.344 e. The van der Waals surface area contributed by atoms with Gasteiger partial charge >= 0.3 is 5.97 Å². The van der Waals surface area contributed by atoms with Crippen molar-refractivity contribution in [2.75, 3.05) is 7.11 Å². The second kappa shape index (κ2) is 7.44. The molecule has 0 aliphatic carbocycles. The predicted octanol–water partition coefficient (Wildman–Crippen LogP) is 5.28. The summed E-state index contributed by atoms with van der Waals surface area (Å²) in [6.07, 6.45) is 0. The number of methoxy groups -OCH3 is 1. The lowest BCUT2D eigenvalue weighted by Gasteiger charge is -2.10. The number of carbonyl (C=O) groups is 1. The van der Waals surface area contributed by atoms with E-state index in [1.165, 1.54) is 25.3 Å². The lowest BCUT2D eigenvalue weighted by molar-refractivity contribution is -0.384. The summed E-state index contributed by atoms with van der Waals surface area (Å²) in [6, 6.07) is 8.13. The van der Waals surface area contributed by atoms with Crippen molar-refractivity contribution in [3.8, 4) is 22.6 Å². The molecule has 0 saturated heterocycles. The van der Waals surface area contributed by atoms with E-state index in [0.29, 0.717) is 5.56 Å². The van der Waals surface area contributed by atoms with Crippen LogP contribution >= 0.6 is 11.6 Å². The molecule has 1 aromatic heterocycles. The van der Waals surface area contributed by atoms with Crippen LogP contribution < -0.4 is 0 Å². The predicted molar refractivity (Wildman–Crippen MR) is 105 cm³/mol. The molecule has 0 fully saturated rings. The molecule has 0 unspecified atom stereocenters. The molecule has 8 heteroatoms. The Hall–Kier alpha value is -3.19. The first-order valence-electron chi connectivity index (χ1n) is 8.35. The van der Waals surface area contributed by atoms with Crippen molar-refractivity contribution in [1.82, 2.24) is 5.16 Å². The number of hydrogen-bond acceptors (Lipinski definition) is 6. The average molecular weight is 401 g/mol. The van der Waals surface area contributed by atoms with Crippen LogP contribution in [0.25, 0.3) is 22.6 Å². The zero-order valence-corrected chi connectivity index (χ0v) is 16.5. The number of halogens is 1. The van der Waals surface area contributed by atoms with E-state index in [1.807, 2.05) is 32.9 Å². The van der Waals surface area contributed by atoms with Crippen molar-refractivity contribution in [1.29, 1.82) is 0 Å². The highest BCUT2D eigenvalue weighted by molar-refractivity contribution is 6.34. The molecule has 3 aromatic rings. The van der Waals surface area contributed by atoms with Crippen LogP contribution in [-0.4, -0.2) is 23.2 Å².